The molecule has 0 aliphatic rings. The van der Waals surface area contributed by atoms with Crippen LogP contribution in [0.4, 0.5) is 0 Å². The Labute approximate surface area is 144 Å². The lowest BCUT2D eigenvalue weighted by atomic mass is 9.94. The predicted octanol–water partition coefficient (Wildman–Crippen LogP) is 3.31. The van der Waals surface area contributed by atoms with Gasteiger partial charge in [0, 0.05) is 24.1 Å². The van der Waals surface area contributed by atoms with Gasteiger partial charge >= 0.3 is 11.9 Å². The molecule has 0 unspecified atom stereocenters. The SMILES string of the molecule is O=C(O)C=Cc1cccc(C(=O)Cc2ccccc2)c1C=CC(=O)O. The number of hydrogen-bond acceptors (Lipinski definition) is 3. The fourth-order valence-corrected chi connectivity index (χ4v) is 2.35. The van der Waals surface area contributed by atoms with Gasteiger partial charge in [-0.1, -0.05) is 48.5 Å². The van der Waals surface area contributed by atoms with E-state index in [1.807, 2.05) is 30.3 Å². The van der Waals surface area contributed by atoms with Crippen LogP contribution in [-0.4, -0.2) is 27.9 Å². The minimum absolute atomic E-state index is 0.168. The van der Waals surface area contributed by atoms with Crippen LogP contribution in [0.1, 0.15) is 27.0 Å². The van der Waals surface area contributed by atoms with Crippen LogP contribution in [-0.2, 0) is 16.0 Å². The molecule has 2 aromatic rings. The van der Waals surface area contributed by atoms with Crippen LogP contribution in [0.25, 0.3) is 12.2 Å². The third kappa shape index (κ3) is 5.28. The number of carboxylic acid groups (broad SMARTS) is 2. The van der Waals surface area contributed by atoms with E-state index < -0.39 is 11.9 Å². The molecular formula is C20H16O5. The van der Waals surface area contributed by atoms with Crippen LogP contribution in [0.15, 0.2) is 60.7 Å². The number of carboxylic acids is 2. The standard InChI is InChI=1S/C20H16O5/c21-18(13-14-5-2-1-3-6-14)17-8-4-7-15(9-11-19(22)23)16(17)10-12-20(24)25/h1-12H,13H2,(H,22,23)(H,24,25). The van der Waals surface area contributed by atoms with E-state index in [4.69, 9.17) is 10.2 Å². The molecule has 0 heterocycles. The fourth-order valence-electron chi connectivity index (χ4n) is 2.35. The molecule has 0 radical (unpaired) electrons. The van der Waals surface area contributed by atoms with Crippen molar-refractivity contribution in [3.05, 3.63) is 82.9 Å². The highest BCUT2D eigenvalue weighted by atomic mass is 16.4. The van der Waals surface area contributed by atoms with Crippen LogP contribution in [0.2, 0.25) is 0 Å². The molecule has 5 nitrogen and oxygen atoms in total. The van der Waals surface area contributed by atoms with E-state index in [0.29, 0.717) is 16.7 Å². The Morgan fingerprint density at radius 1 is 0.800 bits per heavy atom. The number of benzene rings is 2. The highest BCUT2D eigenvalue weighted by molar-refractivity contribution is 6.03. The Morgan fingerprint density at radius 3 is 2.08 bits per heavy atom. The second kappa shape index (κ2) is 8.40. The molecule has 0 fully saturated rings. The molecule has 2 N–H and O–H groups in total. The summed E-state index contributed by atoms with van der Waals surface area (Å²) >= 11 is 0. The first-order valence-corrected chi connectivity index (χ1v) is 7.49. The van der Waals surface area contributed by atoms with Gasteiger partial charge in [0.15, 0.2) is 5.78 Å². The zero-order valence-electron chi connectivity index (χ0n) is 13.3. The average molecular weight is 336 g/mol. The third-order valence-corrected chi connectivity index (χ3v) is 3.45. The predicted molar refractivity (Wildman–Crippen MR) is 94.3 cm³/mol. The lowest BCUT2D eigenvalue weighted by Gasteiger charge is -2.09. The molecule has 0 atom stereocenters. The lowest BCUT2D eigenvalue weighted by Crippen LogP contribution is -2.07. The van der Waals surface area contributed by atoms with Crippen LogP contribution in [0, 0.1) is 0 Å². The van der Waals surface area contributed by atoms with Gasteiger partial charge < -0.3 is 10.2 Å². The first-order valence-electron chi connectivity index (χ1n) is 7.49. The van der Waals surface area contributed by atoms with Gasteiger partial charge in [-0.25, -0.2) is 9.59 Å². The molecule has 5 heteroatoms. The van der Waals surface area contributed by atoms with Crippen molar-refractivity contribution in [1.29, 1.82) is 0 Å². The van der Waals surface area contributed by atoms with Crippen LogP contribution >= 0.6 is 0 Å². The van der Waals surface area contributed by atoms with Gasteiger partial charge in [0.2, 0.25) is 0 Å². The lowest BCUT2D eigenvalue weighted by molar-refractivity contribution is -0.132. The first kappa shape index (κ1) is 17.9. The van der Waals surface area contributed by atoms with Crippen LogP contribution in [0.3, 0.4) is 0 Å². The van der Waals surface area contributed by atoms with Crippen LogP contribution < -0.4 is 0 Å². The van der Waals surface area contributed by atoms with E-state index in [9.17, 15) is 14.4 Å². The molecular weight excluding hydrogens is 320 g/mol. The highest BCUT2D eigenvalue weighted by Gasteiger charge is 2.13. The van der Waals surface area contributed by atoms with Gasteiger partial charge in [-0.05, 0) is 28.8 Å². The Balaban J connectivity index is 2.44. The summed E-state index contributed by atoms with van der Waals surface area (Å²) in [5.41, 5.74) is 2.02. The summed E-state index contributed by atoms with van der Waals surface area (Å²) in [6.45, 7) is 0. The molecule has 2 rings (SSSR count). The molecule has 0 aromatic heterocycles. The summed E-state index contributed by atoms with van der Waals surface area (Å²) in [7, 11) is 0. The van der Waals surface area contributed by atoms with E-state index in [1.54, 1.807) is 18.2 Å². The molecule has 126 valence electrons. The quantitative estimate of drug-likeness (QED) is 0.598. The van der Waals surface area contributed by atoms with Gasteiger partial charge in [0.25, 0.3) is 0 Å². The van der Waals surface area contributed by atoms with Crippen molar-refractivity contribution in [2.75, 3.05) is 0 Å². The van der Waals surface area contributed by atoms with Crippen molar-refractivity contribution in [3.63, 3.8) is 0 Å². The second-order valence-electron chi connectivity index (χ2n) is 5.24. The topological polar surface area (TPSA) is 91.7 Å². The maximum atomic E-state index is 12.6. The molecule has 0 bridgehead atoms. The number of hydrogen-bond donors (Lipinski definition) is 2. The van der Waals surface area contributed by atoms with E-state index in [-0.39, 0.29) is 12.2 Å². The summed E-state index contributed by atoms with van der Waals surface area (Å²) in [4.78, 5) is 34.2. The Morgan fingerprint density at radius 2 is 1.44 bits per heavy atom. The van der Waals surface area contributed by atoms with E-state index >= 15 is 0 Å². The molecule has 0 saturated carbocycles. The second-order valence-corrected chi connectivity index (χ2v) is 5.24. The molecule has 0 saturated heterocycles. The number of ketones is 1. The minimum atomic E-state index is -1.15. The van der Waals surface area contributed by atoms with Gasteiger partial charge in [0.1, 0.15) is 0 Å². The third-order valence-electron chi connectivity index (χ3n) is 3.45. The van der Waals surface area contributed by atoms with E-state index in [1.165, 1.54) is 12.2 Å². The summed E-state index contributed by atoms with van der Waals surface area (Å²) in [5, 5.41) is 17.7. The number of Topliss-reactive ketones (excluding diaryl/α,β-unsaturated/α-hetero) is 1. The van der Waals surface area contributed by atoms with Crippen molar-refractivity contribution >= 4 is 29.9 Å². The molecule has 0 amide bonds. The molecule has 0 aliphatic carbocycles. The van der Waals surface area contributed by atoms with E-state index in [0.717, 1.165) is 17.7 Å². The van der Waals surface area contributed by atoms with Crippen molar-refractivity contribution in [3.8, 4) is 0 Å². The van der Waals surface area contributed by atoms with E-state index in [2.05, 4.69) is 0 Å². The van der Waals surface area contributed by atoms with Crippen molar-refractivity contribution in [2.45, 2.75) is 6.42 Å². The molecule has 25 heavy (non-hydrogen) atoms. The molecule has 2 aromatic carbocycles. The van der Waals surface area contributed by atoms with Gasteiger partial charge in [-0.3, -0.25) is 4.79 Å². The molecule has 0 spiro atoms. The molecule has 0 aliphatic heterocycles. The van der Waals surface area contributed by atoms with Crippen molar-refractivity contribution in [1.82, 2.24) is 0 Å². The smallest absolute Gasteiger partial charge is 0.328 e. The maximum Gasteiger partial charge on any atom is 0.328 e. The summed E-state index contributed by atoms with van der Waals surface area (Å²) in [5.74, 6) is -2.46. The van der Waals surface area contributed by atoms with Crippen molar-refractivity contribution < 1.29 is 24.6 Å². The normalized spacial score (nSPS) is 11.0. The summed E-state index contributed by atoms with van der Waals surface area (Å²) in [6, 6.07) is 14.0. The minimum Gasteiger partial charge on any atom is -0.478 e. The average Bonchev–Trinajstić information content (AvgIpc) is 2.58. The van der Waals surface area contributed by atoms with Gasteiger partial charge in [-0.15, -0.1) is 0 Å². The Hall–Kier alpha value is -3.47. The van der Waals surface area contributed by atoms with Gasteiger partial charge in [-0.2, -0.15) is 0 Å². The fraction of sp³-hybridized carbons (Fsp3) is 0.0500. The van der Waals surface area contributed by atoms with Gasteiger partial charge in [0.05, 0.1) is 0 Å². The number of rotatable bonds is 7. The Kier molecular flexibility index (Phi) is 6.01. The first-order chi connectivity index (χ1) is 12.0. The largest absolute Gasteiger partial charge is 0.478 e. The number of carbonyl (C=O) groups excluding carboxylic acids is 1. The highest BCUT2D eigenvalue weighted by Crippen LogP contribution is 2.21. The summed E-state index contributed by atoms with van der Waals surface area (Å²) < 4.78 is 0. The van der Waals surface area contributed by atoms with Crippen LogP contribution in [0.5, 0.6) is 0 Å². The number of carbonyl (C=O) groups is 3. The zero-order chi connectivity index (χ0) is 18.2. The Bertz CT molecular complexity index is 848. The summed E-state index contributed by atoms with van der Waals surface area (Å²) in [6.07, 6.45) is 4.68. The van der Waals surface area contributed by atoms with Crippen molar-refractivity contribution in [2.24, 2.45) is 0 Å². The number of aliphatic carboxylic acids is 2. The monoisotopic (exact) mass is 336 g/mol. The maximum absolute atomic E-state index is 12.6. The zero-order valence-corrected chi connectivity index (χ0v) is 13.3.